The first-order valence-corrected chi connectivity index (χ1v) is 7.45. The van der Waals surface area contributed by atoms with Crippen molar-refractivity contribution in [3.63, 3.8) is 0 Å². The SMILES string of the molecule is CCCCc1ccc2cc(S(=O)(=O)O)ccc2c1.[H-].[H-].[Na+].[Na+]. The van der Waals surface area contributed by atoms with Crippen LogP contribution in [0.4, 0.5) is 0 Å². The minimum Gasteiger partial charge on any atom is -1.00 e. The van der Waals surface area contributed by atoms with Crippen molar-refractivity contribution in [3.05, 3.63) is 42.0 Å². The van der Waals surface area contributed by atoms with Gasteiger partial charge in [-0.25, -0.2) is 0 Å². The molecule has 0 saturated heterocycles. The zero-order chi connectivity index (χ0) is 13.2. The van der Waals surface area contributed by atoms with E-state index in [-0.39, 0.29) is 66.9 Å². The van der Waals surface area contributed by atoms with E-state index in [4.69, 9.17) is 4.55 Å². The van der Waals surface area contributed by atoms with Gasteiger partial charge in [-0.1, -0.05) is 37.6 Å². The van der Waals surface area contributed by atoms with Gasteiger partial charge in [0.15, 0.2) is 0 Å². The van der Waals surface area contributed by atoms with E-state index in [1.165, 1.54) is 17.7 Å². The molecule has 2 rings (SSSR count). The zero-order valence-electron chi connectivity index (χ0n) is 14.3. The molecule has 0 fully saturated rings. The minimum absolute atomic E-state index is 0. The quantitative estimate of drug-likeness (QED) is 0.509. The van der Waals surface area contributed by atoms with Crippen LogP contribution in [0.3, 0.4) is 0 Å². The molecule has 0 bridgehead atoms. The first-order chi connectivity index (χ1) is 8.50. The number of hydrogen-bond acceptors (Lipinski definition) is 2. The first-order valence-electron chi connectivity index (χ1n) is 6.01. The fourth-order valence-corrected chi connectivity index (χ4v) is 2.49. The van der Waals surface area contributed by atoms with Crippen LogP contribution in [0.1, 0.15) is 28.2 Å². The number of unbranched alkanes of at least 4 members (excludes halogenated alkanes) is 1. The molecule has 0 amide bonds. The number of aryl methyl sites for hydroxylation is 1. The monoisotopic (exact) mass is 312 g/mol. The molecule has 2 aromatic carbocycles. The summed E-state index contributed by atoms with van der Waals surface area (Å²) in [5, 5.41) is 1.82. The van der Waals surface area contributed by atoms with Crippen LogP contribution < -0.4 is 59.1 Å². The fourth-order valence-electron chi connectivity index (χ4n) is 1.97. The van der Waals surface area contributed by atoms with Crippen LogP contribution in [0.2, 0.25) is 0 Å². The summed E-state index contributed by atoms with van der Waals surface area (Å²) in [5.74, 6) is 0. The molecule has 0 atom stereocenters. The van der Waals surface area contributed by atoms with E-state index in [2.05, 4.69) is 13.0 Å². The molecule has 3 nitrogen and oxygen atoms in total. The van der Waals surface area contributed by atoms with Crippen LogP contribution in [0.5, 0.6) is 0 Å². The molecule has 2 aromatic rings. The van der Waals surface area contributed by atoms with Gasteiger partial charge in [0, 0.05) is 0 Å². The molecule has 0 aliphatic rings. The van der Waals surface area contributed by atoms with Crippen molar-refractivity contribution in [1.82, 2.24) is 0 Å². The van der Waals surface area contributed by atoms with E-state index in [9.17, 15) is 8.42 Å². The number of rotatable bonds is 4. The molecule has 20 heavy (non-hydrogen) atoms. The van der Waals surface area contributed by atoms with Crippen molar-refractivity contribution < 1.29 is 74.9 Å². The van der Waals surface area contributed by atoms with Crippen molar-refractivity contribution >= 4 is 20.9 Å². The second-order valence-corrected chi connectivity index (χ2v) is 5.84. The van der Waals surface area contributed by atoms with E-state index in [0.29, 0.717) is 0 Å². The molecular weight excluding hydrogens is 294 g/mol. The average molecular weight is 312 g/mol. The van der Waals surface area contributed by atoms with Crippen molar-refractivity contribution in [1.29, 1.82) is 0 Å². The maximum absolute atomic E-state index is 11.0. The molecule has 6 heteroatoms. The Morgan fingerprint density at radius 3 is 2.25 bits per heavy atom. The van der Waals surface area contributed by atoms with Crippen molar-refractivity contribution in [3.8, 4) is 0 Å². The molecule has 1 N–H and O–H groups in total. The molecule has 100 valence electrons. The van der Waals surface area contributed by atoms with Gasteiger partial charge < -0.3 is 2.85 Å². The summed E-state index contributed by atoms with van der Waals surface area (Å²) >= 11 is 0. The molecule has 0 radical (unpaired) electrons. The van der Waals surface area contributed by atoms with Crippen LogP contribution in [0.25, 0.3) is 10.8 Å². The van der Waals surface area contributed by atoms with Gasteiger partial charge in [0.2, 0.25) is 0 Å². The van der Waals surface area contributed by atoms with Gasteiger partial charge in [0.25, 0.3) is 10.1 Å². The number of hydrogen-bond donors (Lipinski definition) is 1. The van der Waals surface area contributed by atoms with Gasteiger partial charge in [0.1, 0.15) is 0 Å². The average Bonchev–Trinajstić information content (AvgIpc) is 2.34. The Morgan fingerprint density at radius 2 is 1.65 bits per heavy atom. The van der Waals surface area contributed by atoms with Crippen LogP contribution in [0, 0.1) is 0 Å². The molecule has 0 aromatic heterocycles. The summed E-state index contributed by atoms with van der Waals surface area (Å²) < 4.78 is 31.1. The Hall–Kier alpha value is 0.610. The Morgan fingerprint density at radius 1 is 1.05 bits per heavy atom. The van der Waals surface area contributed by atoms with E-state index in [1.54, 1.807) is 6.07 Å². The third kappa shape index (κ3) is 5.43. The molecule has 0 spiro atoms. The smallest absolute Gasteiger partial charge is 1.00 e. The van der Waals surface area contributed by atoms with Crippen LogP contribution in [-0.4, -0.2) is 13.0 Å². The molecule has 0 aliphatic carbocycles. The topological polar surface area (TPSA) is 54.4 Å². The van der Waals surface area contributed by atoms with Crippen LogP contribution in [0.15, 0.2) is 41.3 Å². The molecule has 0 unspecified atom stereocenters. The Bertz CT molecular complexity index is 679. The summed E-state index contributed by atoms with van der Waals surface area (Å²) in [6.45, 7) is 2.15. The van der Waals surface area contributed by atoms with Crippen molar-refractivity contribution in [2.24, 2.45) is 0 Å². The molecule has 0 saturated carbocycles. The standard InChI is InChI=1S/C14H16O3S.2Na.2H/c1-2-3-4-11-5-6-13-10-14(18(15,16)17)8-7-12(13)9-11;;;;/h5-10H,2-4H2,1H3,(H,15,16,17);;;;/q;2*+1;2*-1. The van der Waals surface area contributed by atoms with Gasteiger partial charge in [-0.3, -0.25) is 4.55 Å². The zero-order valence-corrected chi connectivity index (χ0v) is 17.1. The Balaban J connectivity index is -0.000000902. The van der Waals surface area contributed by atoms with E-state index >= 15 is 0 Å². The Labute approximate surface area is 167 Å². The second-order valence-electron chi connectivity index (χ2n) is 4.42. The third-order valence-electron chi connectivity index (χ3n) is 2.99. The van der Waals surface area contributed by atoms with Gasteiger partial charge in [-0.05, 0) is 41.3 Å². The van der Waals surface area contributed by atoms with Gasteiger partial charge >= 0.3 is 59.1 Å². The van der Waals surface area contributed by atoms with Crippen molar-refractivity contribution in [2.45, 2.75) is 31.1 Å². The second kappa shape index (κ2) is 8.91. The minimum atomic E-state index is -4.12. The van der Waals surface area contributed by atoms with Crippen LogP contribution >= 0.6 is 0 Å². The van der Waals surface area contributed by atoms with E-state index < -0.39 is 10.1 Å². The number of fused-ring (bicyclic) bond motifs is 1. The third-order valence-corrected chi connectivity index (χ3v) is 3.84. The van der Waals surface area contributed by atoms with E-state index in [1.807, 2.05) is 12.1 Å². The van der Waals surface area contributed by atoms with Gasteiger partial charge in [-0.2, -0.15) is 8.42 Å². The predicted octanol–water partition coefficient (Wildman–Crippen LogP) is -2.34. The van der Waals surface area contributed by atoms with Crippen molar-refractivity contribution in [2.75, 3.05) is 0 Å². The molecule has 0 heterocycles. The summed E-state index contributed by atoms with van der Waals surface area (Å²) in [5.41, 5.74) is 1.25. The Kier molecular flexibility index (Phi) is 9.18. The van der Waals surface area contributed by atoms with E-state index in [0.717, 1.165) is 30.0 Å². The summed E-state index contributed by atoms with van der Waals surface area (Å²) in [7, 11) is -4.12. The van der Waals surface area contributed by atoms with Gasteiger partial charge in [0.05, 0.1) is 4.90 Å². The van der Waals surface area contributed by atoms with Crippen LogP contribution in [-0.2, 0) is 16.5 Å². The number of benzene rings is 2. The summed E-state index contributed by atoms with van der Waals surface area (Å²) in [6.07, 6.45) is 3.33. The largest absolute Gasteiger partial charge is 1.00 e. The molecule has 0 aliphatic heterocycles. The maximum atomic E-state index is 11.0. The summed E-state index contributed by atoms with van der Waals surface area (Å²) in [6, 6.07) is 10.6. The van der Waals surface area contributed by atoms with Gasteiger partial charge in [-0.15, -0.1) is 0 Å². The maximum Gasteiger partial charge on any atom is 1.00 e. The predicted molar refractivity (Wildman–Crippen MR) is 74.6 cm³/mol. The molecular formula is C14H18Na2O3S. The normalized spacial score (nSPS) is 10.7. The first kappa shape index (κ1) is 20.6. The summed E-state index contributed by atoms with van der Waals surface area (Å²) in [4.78, 5) is -0.0590. The fraction of sp³-hybridized carbons (Fsp3) is 0.286.